The summed E-state index contributed by atoms with van der Waals surface area (Å²) in [6, 6.07) is 1.98. The minimum atomic E-state index is 0.735. The van der Waals surface area contributed by atoms with Crippen molar-refractivity contribution in [2.75, 3.05) is 13.2 Å². The number of ether oxygens (including phenoxy) is 1. The topological polar surface area (TPSA) is 34.1 Å². The number of rotatable bonds is 0. The fourth-order valence-electron chi connectivity index (χ4n) is 1.14. The summed E-state index contributed by atoms with van der Waals surface area (Å²) in [5.74, 6) is 0.914. The van der Waals surface area contributed by atoms with Crippen LogP contribution in [0.25, 0.3) is 0 Å². The van der Waals surface area contributed by atoms with Gasteiger partial charge in [-0.05, 0) is 6.07 Å². The van der Waals surface area contributed by atoms with Gasteiger partial charge in [0.1, 0.15) is 12.4 Å². The summed E-state index contributed by atoms with van der Waals surface area (Å²) in [4.78, 5) is 3.99. The van der Waals surface area contributed by atoms with Gasteiger partial charge in [0.25, 0.3) is 0 Å². The molecule has 0 amide bonds. The van der Waals surface area contributed by atoms with Crippen molar-refractivity contribution in [2.45, 2.75) is 6.54 Å². The van der Waals surface area contributed by atoms with Gasteiger partial charge in [-0.25, -0.2) is 0 Å². The highest BCUT2D eigenvalue weighted by Gasteiger charge is 2.05. The van der Waals surface area contributed by atoms with Crippen molar-refractivity contribution in [1.29, 1.82) is 0 Å². The minimum Gasteiger partial charge on any atom is -0.490 e. The summed E-state index contributed by atoms with van der Waals surface area (Å²) < 4.78 is 5.42. The maximum Gasteiger partial charge on any atom is 0.142 e. The third-order valence-corrected chi connectivity index (χ3v) is 1.72. The zero-order valence-electron chi connectivity index (χ0n) is 6.21. The summed E-state index contributed by atoms with van der Waals surface area (Å²) in [6.45, 7) is 2.53. The summed E-state index contributed by atoms with van der Waals surface area (Å²) in [5.41, 5.74) is 1.19. The summed E-state index contributed by atoms with van der Waals surface area (Å²) in [5, 5.41) is 3.25. The molecule has 0 fully saturated rings. The van der Waals surface area contributed by atoms with Gasteiger partial charge >= 0.3 is 0 Å². The van der Waals surface area contributed by atoms with Crippen LogP contribution >= 0.6 is 0 Å². The molecule has 2 rings (SSSR count). The maximum atomic E-state index is 5.42. The molecule has 0 aliphatic carbocycles. The standard InChI is InChI=1S/C8H10N2O/c1-2-9-6-8-7(1)5-10-3-4-11-8/h1-2,6,10H,3-5H2. The lowest BCUT2D eigenvalue weighted by Crippen LogP contribution is -2.16. The van der Waals surface area contributed by atoms with E-state index in [1.54, 1.807) is 12.4 Å². The molecule has 0 unspecified atom stereocenters. The molecule has 1 aromatic heterocycles. The molecule has 0 saturated heterocycles. The molecule has 1 aliphatic rings. The largest absolute Gasteiger partial charge is 0.490 e. The van der Waals surface area contributed by atoms with E-state index in [9.17, 15) is 0 Å². The van der Waals surface area contributed by atoms with E-state index in [4.69, 9.17) is 4.74 Å². The SMILES string of the molecule is c1cc2c(cn1)OCCNC2. The van der Waals surface area contributed by atoms with Crippen molar-refractivity contribution in [3.63, 3.8) is 0 Å². The Labute approximate surface area is 65.4 Å². The Morgan fingerprint density at radius 1 is 1.55 bits per heavy atom. The first kappa shape index (κ1) is 6.61. The monoisotopic (exact) mass is 150 g/mol. The predicted octanol–water partition coefficient (Wildman–Crippen LogP) is 0.564. The molecule has 0 spiro atoms. The highest BCUT2D eigenvalue weighted by molar-refractivity contribution is 5.30. The number of hydrogen-bond donors (Lipinski definition) is 1. The Morgan fingerprint density at radius 2 is 2.55 bits per heavy atom. The Balaban J connectivity index is 2.33. The third-order valence-electron chi connectivity index (χ3n) is 1.72. The molecule has 0 aromatic carbocycles. The van der Waals surface area contributed by atoms with E-state index >= 15 is 0 Å². The van der Waals surface area contributed by atoms with Gasteiger partial charge in [0.2, 0.25) is 0 Å². The van der Waals surface area contributed by atoms with Crippen LogP contribution in [-0.2, 0) is 6.54 Å². The van der Waals surface area contributed by atoms with Crippen molar-refractivity contribution in [3.05, 3.63) is 24.0 Å². The average molecular weight is 150 g/mol. The number of fused-ring (bicyclic) bond motifs is 1. The minimum absolute atomic E-state index is 0.735. The molecular weight excluding hydrogens is 140 g/mol. The van der Waals surface area contributed by atoms with Crippen LogP contribution < -0.4 is 10.1 Å². The third kappa shape index (κ3) is 1.33. The molecule has 0 saturated carbocycles. The lowest BCUT2D eigenvalue weighted by molar-refractivity contribution is 0.324. The molecule has 58 valence electrons. The van der Waals surface area contributed by atoms with E-state index in [2.05, 4.69) is 10.3 Å². The van der Waals surface area contributed by atoms with Gasteiger partial charge in [-0.2, -0.15) is 0 Å². The van der Waals surface area contributed by atoms with Crippen LogP contribution in [0, 0.1) is 0 Å². The smallest absolute Gasteiger partial charge is 0.142 e. The molecule has 2 heterocycles. The molecule has 1 aliphatic heterocycles. The van der Waals surface area contributed by atoms with Crippen LogP contribution in [0.2, 0.25) is 0 Å². The second-order valence-electron chi connectivity index (χ2n) is 2.51. The Kier molecular flexibility index (Phi) is 1.73. The summed E-state index contributed by atoms with van der Waals surface area (Å²) >= 11 is 0. The number of nitrogens with one attached hydrogen (secondary N) is 1. The summed E-state index contributed by atoms with van der Waals surface area (Å²) in [7, 11) is 0. The van der Waals surface area contributed by atoms with Crippen LogP contribution in [-0.4, -0.2) is 18.1 Å². The molecule has 3 heteroatoms. The highest BCUT2D eigenvalue weighted by atomic mass is 16.5. The fraction of sp³-hybridized carbons (Fsp3) is 0.375. The lowest BCUT2D eigenvalue weighted by atomic mass is 10.2. The van der Waals surface area contributed by atoms with Gasteiger partial charge in [0.15, 0.2) is 0 Å². The fourth-order valence-corrected chi connectivity index (χ4v) is 1.14. The van der Waals surface area contributed by atoms with E-state index in [1.807, 2.05) is 6.07 Å². The van der Waals surface area contributed by atoms with Crippen molar-refractivity contribution in [1.82, 2.24) is 10.3 Å². The highest BCUT2D eigenvalue weighted by Crippen LogP contribution is 2.16. The zero-order chi connectivity index (χ0) is 7.52. The van der Waals surface area contributed by atoms with E-state index in [0.717, 1.165) is 25.4 Å². The van der Waals surface area contributed by atoms with Crippen molar-refractivity contribution in [2.24, 2.45) is 0 Å². The Morgan fingerprint density at radius 3 is 3.55 bits per heavy atom. The average Bonchev–Trinajstić information content (AvgIpc) is 2.28. The van der Waals surface area contributed by atoms with Crippen LogP contribution in [0.15, 0.2) is 18.5 Å². The number of pyridine rings is 1. The first-order valence-corrected chi connectivity index (χ1v) is 3.73. The van der Waals surface area contributed by atoms with Crippen LogP contribution in [0.1, 0.15) is 5.56 Å². The Hall–Kier alpha value is -1.09. The molecule has 0 bridgehead atoms. The molecule has 0 radical (unpaired) electrons. The van der Waals surface area contributed by atoms with E-state index in [0.29, 0.717) is 0 Å². The number of aromatic nitrogens is 1. The molecule has 0 atom stereocenters. The first-order chi connectivity index (χ1) is 5.47. The second-order valence-corrected chi connectivity index (χ2v) is 2.51. The zero-order valence-corrected chi connectivity index (χ0v) is 6.21. The van der Waals surface area contributed by atoms with Gasteiger partial charge in [-0.15, -0.1) is 0 Å². The van der Waals surface area contributed by atoms with Gasteiger partial charge < -0.3 is 10.1 Å². The maximum absolute atomic E-state index is 5.42. The van der Waals surface area contributed by atoms with Crippen LogP contribution in [0.4, 0.5) is 0 Å². The van der Waals surface area contributed by atoms with Crippen LogP contribution in [0.5, 0.6) is 5.75 Å². The normalized spacial score (nSPS) is 16.4. The summed E-state index contributed by atoms with van der Waals surface area (Å²) in [6.07, 6.45) is 3.55. The van der Waals surface area contributed by atoms with Gasteiger partial charge in [0.05, 0.1) is 6.20 Å². The molecular formula is C8H10N2O. The van der Waals surface area contributed by atoms with Crippen molar-refractivity contribution < 1.29 is 4.74 Å². The quantitative estimate of drug-likeness (QED) is 0.587. The number of hydrogen-bond acceptors (Lipinski definition) is 3. The van der Waals surface area contributed by atoms with E-state index < -0.39 is 0 Å². The first-order valence-electron chi connectivity index (χ1n) is 3.73. The van der Waals surface area contributed by atoms with E-state index in [1.165, 1.54) is 5.56 Å². The van der Waals surface area contributed by atoms with Crippen molar-refractivity contribution >= 4 is 0 Å². The van der Waals surface area contributed by atoms with Gasteiger partial charge in [-0.1, -0.05) is 0 Å². The number of nitrogens with zero attached hydrogens (tertiary/aromatic N) is 1. The van der Waals surface area contributed by atoms with E-state index in [-0.39, 0.29) is 0 Å². The van der Waals surface area contributed by atoms with Gasteiger partial charge in [0, 0.05) is 24.8 Å². The van der Waals surface area contributed by atoms with Crippen molar-refractivity contribution in [3.8, 4) is 5.75 Å². The molecule has 1 N–H and O–H groups in total. The lowest BCUT2D eigenvalue weighted by Gasteiger charge is -2.02. The molecule has 3 nitrogen and oxygen atoms in total. The van der Waals surface area contributed by atoms with Crippen LogP contribution in [0.3, 0.4) is 0 Å². The Bertz CT molecular complexity index is 225. The molecule has 1 aromatic rings. The second kappa shape index (κ2) is 2.88. The molecule has 11 heavy (non-hydrogen) atoms. The van der Waals surface area contributed by atoms with Gasteiger partial charge in [-0.3, -0.25) is 4.98 Å². The predicted molar refractivity (Wildman–Crippen MR) is 41.4 cm³/mol.